The molecule has 0 aromatic carbocycles. The molecule has 0 saturated carbocycles. The third-order valence-electron chi connectivity index (χ3n) is 2.59. The Balaban J connectivity index is 2.18. The summed E-state index contributed by atoms with van der Waals surface area (Å²) >= 11 is 0. The van der Waals surface area contributed by atoms with E-state index in [9.17, 15) is 0 Å². The van der Waals surface area contributed by atoms with Gasteiger partial charge in [0, 0.05) is 31.7 Å². The van der Waals surface area contributed by atoms with Crippen LogP contribution in [-0.2, 0) is 0 Å². The maximum Gasteiger partial charge on any atom is 0.0344 e. The van der Waals surface area contributed by atoms with Crippen LogP contribution in [0.15, 0.2) is 0 Å². The molecule has 1 atom stereocenters. The van der Waals surface area contributed by atoms with Gasteiger partial charge in [-0.2, -0.15) is 0 Å². The van der Waals surface area contributed by atoms with Crippen LogP contribution in [0.1, 0.15) is 6.92 Å². The van der Waals surface area contributed by atoms with Crippen molar-refractivity contribution in [1.82, 2.24) is 9.80 Å². The molecule has 66 valence electrons. The summed E-state index contributed by atoms with van der Waals surface area (Å²) in [6.07, 6.45) is 0. The van der Waals surface area contributed by atoms with E-state index in [4.69, 9.17) is 5.73 Å². The Morgan fingerprint density at radius 2 is 2.09 bits per heavy atom. The van der Waals surface area contributed by atoms with Gasteiger partial charge in [-0.05, 0) is 21.0 Å². The second-order valence-corrected chi connectivity index (χ2v) is 3.66. The lowest BCUT2D eigenvalue weighted by molar-refractivity contribution is 0.0360. The van der Waals surface area contributed by atoms with Gasteiger partial charge in [0.2, 0.25) is 0 Å². The van der Waals surface area contributed by atoms with Crippen molar-refractivity contribution >= 4 is 0 Å². The van der Waals surface area contributed by atoms with Crippen LogP contribution in [0.2, 0.25) is 0 Å². The third kappa shape index (κ3) is 1.92. The molecule has 2 N–H and O–H groups in total. The lowest BCUT2D eigenvalue weighted by Gasteiger charge is -2.45. The average molecular weight is 157 g/mol. The summed E-state index contributed by atoms with van der Waals surface area (Å²) < 4.78 is 0. The molecule has 3 heteroatoms. The van der Waals surface area contributed by atoms with Crippen molar-refractivity contribution in [1.29, 1.82) is 0 Å². The van der Waals surface area contributed by atoms with E-state index in [1.165, 1.54) is 13.1 Å². The Bertz CT molecular complexity index is 119. The first-order chi connectivity index (χ1) is 5.15. The zero-order valence-electron chi connectivity index (χ0n) is 7.75. The highest BCUT2D eigenvalue weighted by Crippen LogP contribution is 2.14. The van der Waals surface area contributed by atoms with Crippen molar-refractivity contribution in [3.05, 3.63) is 0 Å². The summed E-state index contributed by atoms with van der Waals surface area (Å²) in [5, 5.41) is 0. The molecule has 1 heterocycles. The zero-order valence-corrected chi connectivity index (χ0v) is 7.75. The van der Waals surface area contributed by atoms with Crippen LogP contribution < -0.4 is 5.73 Å². The molecule has 1 unspecified atom stereocenters. The predicted molar refractivity (Wildman–Crippen MR) is 47.6 cm³/mol. The summed E-state index contributed by atoms with van der Waals surface area (Å²) in [5.74, 6) is 0. The molecule has 0 bridgehead atoms. The van der Waals surface area contributed by atoms with Gasteiger partial charge in [0.15, 0.2) is 0 Å². The van der Waals surface area contributed by atoms with Gasteiger partial charge in [0.25, 0.3) is 0 Å². The van der Waals surface area contributed by atoms with Crippen LogP contribution in [0.3, 0.4) is 0 Å². The second-order valence-electron chi connectivity index (χ2n) is 3.66. The molecule has 0 amide bonds. The number of rotatable bonds is 3. The highest BCUT2D eigenvalue weighted by Gasteiger charge is 2.30. The Labute approximate surface area is 69.1 Å². The molecule has 3 nitrogen and oxygen atoms in total. The molecule has 0 spiro atoms. The Hall–Kier alpha value is -0.120. The summed E-state index contributed by atoms with van der Waals surface area (Å²) in [6.45, 7) is 5.34. The van der Waals surface area contributed by atoms with Crippen LogP contribution in [0, 0.1) is 0 Å². The molecule has 11 heavy (non-hydrogen) atoms. The van der Waals surface area contributed by atoms with Crippen LogP contribution in [-0.4, -0.2) is 55.6 Å². The maximum absolute atomic E-state index is 5.55. The Kier molecular flexibility index (Phi) is 2.87. The number of hydrogen-bond donors (Lipinski definition) is 1. The number of likely N-dealkylation sites (tertiary alicyclic amines) is 1. The molecule has 0 aliphatic carbocycles. The van der Waals surface area contributed by atoms with Gasteiger partial charge in [-0.25, -0.2) is 0 Å². The van der Waals surface area contributed by atoms with Gasteiger partial charge in [0.05, 0.1) is 0 Å². The van der Waals surface area contributed by atoms with Crippen molar-refractivity contribution < 1.29 is 0 Å². The van der Waals surface area contributed by atoms with E-state index in [2.05, 4.69) is 30.8 Å². The molecule has 0 radical (unpaired) electrons. The molecule has 1 aliphatic rings. The van der Waals surface area contributed by atoms with E-state index in [1.54, 1.807) is 0 Å². The smallest absolute Gasteiger partial charge is 0.0344 e. The van der Waals surface area contributed by atoms with E-state index in [-0.39, 0.29) is 0 Å². The summed E-state index contributed by atoms with van der Waals surface area (Å²) in [7, 11) is 4.27. The highest BCUT2D eigenvalue weighted by atomic mass is 15.3. The topological polar surface area (TPSA) is 32.5 Å². The van der Waals surface area contributed by atoms with Gasteiger partial charge in [-0.1, -0.05) is 0 Å². The van der Waals surface area contributed by atoms with Gasteiger partial charge < -0.3 is 10.6 Å². The minimum atomic E-state index is 0.561. The fourth-order valence-electron chi connectivity index (χ4n) is 1.32. The van der Waals surface area contributed by atoms with E-state index >= 15 is 0 Å². The molecule has 1 fully saturated rings. The summed E-state index contributed by atoms with van der Waals surface area (Å²) in [4.78, 5) is 4.70. The third-order valence-corrected chi connectivity index (χ3v) is 2.59. The Morgan fingerprint density at radius 3 is 2.45 bits per heavy atom. The van der Waals surface area contributed by atoms with Gasteiger partial charge in [-0.15, -0.1) is 0 Å². The first kappa shape index (κ1) is 8.97. The molecule has 1 rings (SSSR count). The molecule has 1 aliphatic heterocycles. The van der Waals surface area contributed by atoms with Crippen molar-refractivity contribution in [2.24, 2.45) is 5.73 Å². The average Bonchev–Trinajstić information content (AvgIpc) is 1.83. The minimum absolute atomic E-state index is 0.561. The van der Waals surface area contributed by atoms with Crippen LogP contribution >= 0.6 is 0 Å². The van der Waals surface area contributed by atoms with Gasteiger partial charge in [-0.3, -0.25) is 4.90 Å². The monoisotopic (exact) mass is 157 g/mol. The first-order valence-electron chi connectivity index (χ1n) is 4.25. The fraction of sp³-hybridized carbons (Fsp3) is 1.00. The van der Waals surface area contributed by atoms with Crippen molar-refractivity contribution in [2.75, 3.05) is 33.7 Å². The molecule has 0 aromatic rings. The van der Waals surface area contributed by atoms with E-state index in [1.807, 2.05) is 0 Å². The number of nitrogens with two attached hydrogens (primary N) is 1. The molecular formula is C8H19N3. The fourth-order valence-corrected chi connectivity index (χ4v) is 1.32. The maximum atomic E-state index is 5.55. The summed E-state index contributed by atoms with van der Waals surface area (Å²) in [6, 6.07) is 1.31. The number of hydrogen-bond acceptors (Lipinski definition) is 3. The van der Waals surface area contributed by atoms with E-state index < -0.39 is 0 Å². The van der Waals surface area contributed by atoms with Crippen LogP contribution in [0.25, 0.3) is 0 Å². The van der Waals surface area contributed by atoms with Crippen LogP contribution in [0.5, 0.6) is 0 Å². The van der Waals surface area contributed by atoms with Gasteiger partial charge in [0.1, 0.15) is 0 Å². The number of nitrogens with zero attached hydrogens (tertiary/aromatic N) is 2. The normalized spacial score (nSPS) is 23.7. The van der Waals surface area contributed by atoms with Crippen LogP contribution in [0.4, 0.5) is 0 Å². The second kappa shape index (κ2) is 3.52. The highest BCUT2D eigenvalue weighted by molar-refractivity contribution is 4.88. The van der Waals surface area contributed by atoms with E-state index in [0.29, 0.717) is 6.04 Å². The largest absolute Gasteiger partial charge is 0.329 e. The zero-order chi connectivity index (χ0) is 8.43. The summed E-state index contributed by atoms with van der Waals surface area (Å²) in [5.41, 5.74) is 5.55. The molecule has 0 aromatic heterocycles. The number of likely N-dealkylation sites (N-methyl/N-ethyl adjacent to an activating group) is 1. The van der Waals surface area contributed by atoms with Crippen molar-refractivity contribution in [2.45, 2.75) is 19.0 Å². The standard InChI is InChI=1S/C8H19N3/c1-7(4-9)11-5-8(6-11)10(2)3/h7-8H,4-6,9H2,1-3H3. The van der Waals surface area contributed by atoms with E-state index in [0.717, 1.165) is 12.6 Å². The SMILES string of the molecule is CC(CN)N1CC(N(C)C)C1. The van der Waals surface area contributed by atoms with Crippen molar-refractivity contribution in [3.63, 3.8) is 0 Å². The lowest BCUT2D eigenvalue weighted by Crippen LogP contribution is -2.61. The molecule has 1 saturated heterocycles. The van der Waals surface area contributed by atoms with Gasteiger partial charge >= 0.3 is 0 Å². The molecular weight excluding hydrogens is 138 g/mol. The first-order valence-corrected chi connectivity index (χ1v) is 4.25. The quantitative estimate of drug-likeness (QED) is 0.604. The minimum Gasteiger partial charge on any atom is -0.329 e. The van der Waals surface area contributed by atoms with Crippen molar-refractivity contribution in [3.8, 4) is 0 Å². The Morgan fingerprint density at radius 1 is 1.55 bits per heavy atom. The lowest BCUT2D eigenvalue weighted by atomic mass is 10.1. The predicted octanol–water partition coefficient (Wildman–Crippen LogP) is -0.421.